The summed E-state index contributed by atoms with van der Waals surface area (Å²) in [6, 6.07) is 1.59. The van der Waals surface area contributed by atoms with Crippen LogP contribution in [0.15, 0.2) is 17.0 Å². The van der Waals surface area contributed by atoms with E-state index in [4.69, 9.17) is 15.8 Å². The van der Waals surface area contributed by atoms with Crippen LogP contribution in [-0.2, 0) is 15.5 Å². The second kappa shape index (κ2) is 5.59. The summed E-state index contributed by atoms with van der Waals surface area (Å²) in [5.74, 6) is -3.79. The molecule has 0 aliphatic rings. The zero-order valence-electron chi connectivity index (χ0n) is 9.80. The average Bonchev–Trinajstić information content (AvgIpc) is 2.29. The van der Waals surface area contributed by atoms with Gasteiger partial charge in [0.25, 0.3) is 9.05 Å². The number of methoxy groups -OCH3 is 1. The van der Waals surface area contributed by atoms with Crippen LogP contribution < -0.4 is 4.74 Å². The van der Waals surface area contributed by atoms with Crippen molar-refractivity contribution in [2.45, 2.75) is 17.1 Å². The monoisotopic (exact) mass is 314 g/mol. The van der Waals surface area contributed by atoms with E-state index in [1.807, 2.05) is 0 Å². The fourth-order valence-electron chi connectivity index (χ4n) is 1.42. The number of aliphatic hydroxyl groups excluding tert-OH is 1. The van der Waals surface area contributed by atoms with Crippen molar-refractivity contribution in [1.29, 1.82) is 0 Å². The summed E-state index contributed by atoms with van der Waals surface area (Å²) < 4.78 is 40.9. The van der Waals surface area contributed by atoms with Gasteiger partial charge in [0, 0.05) is 23.2 Å². The zero-order chi connectivity index (χ0) is 14.8. The summed E-state index contributed by atoms with van der Waals surface area (Å²) in [4.78, 5) is -0.498. The highest BCUT2D eigenvalue weighted by atomic mass is 35.7. The highest BCUT2D eigenvalue weighted by molar-refractivity contribution is 8.13. The summed E-state index contributed by atoms with van der Waals surface area (Å²) in [5, 5.41) is 27.2. The summed E-state index contributed by atoms with van der Waals surface area (Å²) in [6.07, 6.45) is -0.710. The van der Waals surface area contributed by atoms with E-state index in [-0.39, 0.29) is 11.3 Å². The Morgan fingerprint density at radius 3 is 2.42 bits per heavy atom. The molecule has 0 saturated heterocycles. The predicted molar refractivity (Wildman–Crippen MR) is 63.9 cm³/mol. The summed E-state index contributed by atoms with van der Waals surface area (Å²) in [7, 11) is 2.11. The number of halogens is 2. The van der Waals surface area contributed by atoms with Gasteiger partial charge in [0.05, 0.1) is 13.7 Å². The second-order valence-electron chi connectivity index (χ2n) is 3.85. The minimum absolute atomic E-state index is 0.304. The predicted octanol–water partition coefficient (Wildman–Crippen LogP) is -0.0225. The van der Waals surface area contributed by atoms with Gasteiger partial charge < -0.3 is 20.1 Å². The van der Waals surface area contributed by atoms with Crippen molar-refractivity contribution in [3.63, 3.8) is 0 Å². The molecule has 0 atom stereocenters. The van der Waals surface area contributed by atoms with Gasteiger partial charge in [-0.05, 0) is 11.6 Å². The van der Waals surface area contributed by atoms with Gasteiger partial charge >= 0.3 is 0 Å². The standard InChI is InChI=1S/C10H12ClFO6S/c1-18-8-3-7(12)6(4-10(14,15)5-13)2-9(8)19(11,16)17/h2-3,13-15H,4-5H2,1H3. The third kappa shape index (κ3) is 4.02. The van der Waals surface area contributed by atoms with Gasteiger partial charge in [-0.1, -0.05) is 0 Å². The zero-order valence-corrected chi connectivity index (χ0v) is 11.4. The first kappa shape index (κ1) is 16.1. The first-order valence-corrected chi connectivity index (χ1v) is 7.28. The number of hydrogen-bond acceptors (Lipinski definition) is 6. The molecular formula is C10H12ClFO6S. The molecule has 0 heterocycles. The maximum Gasteiger partial charge on any atom is 0.264 e. The van der Waals surface area contributed by atoms with Crippen molar-refractivity contribution in [1.82, 2.24) is 0 Å². The van der Waals surface area contributed by atoms with Crippen LogP contribution in [0.1, 0.15) is 5.56 Å². The van der Waals surface area contributed by atoms with Crippen LogP contribution in [0.3, 0.4) is 0 Å². The lowest BCUT2D eigenvalue weighted by Crippen LogP contribution is -2.35. The fourth-order valence-corrected chi connectivity index (χ4v) is 2.45. The maximum atomic E-state index is 13.7. The molecule has 1 aromatic rings. The first-order chi connectivity index (χ1) is 8.60. The third-order valence-corrected chi connectivity index (χ3v) is 3.67. The first-order valence-electron chi connectivity index (χ1n) is 4.97. The summed E-state index contributed by atoms with van der Waals surface area (Å²) in [6.45, 7) is -1.04. The molecule has 0 aliphatic carbocycles. The Labute approximate surface area is 113 Å². The van der Waals surface area contributed by atoms with Gasteiger partial charge in [0.1, 0.15) is 16.5 Å². The van der Waals surface area contributed by atoms with Crippen molar-refractivity contribution in [2.75, 3.05) is 13.7 Å². The molecule has 0 saturated carbocycles. The normalized spacial score (nSPS) is 12.5. The van der Waals surface area contributed by atoms with Crippen molar-refractivity contribution >= 4 is 19.7 Å². The Balaban J connectivity index is 3.36. The van der Waals surface area contributed by atoms with Gasteiger partial charge in [-0.3, -0.25) is 0 Å². The van der Waals surface area contributed by atoms with Gasteiger partial charge in [-0.2, -0.15) is 0 Å². The van der Waals surface area contributed by atoms with E-state index in [2.05, 4.69) is 4.74 Å². The second-order valence-corrected chi connectivity index (χ2v) is 6.38. The molecule has 1 rings (SSSR count). The molecule has 0 fully saturated rings. The minimum atomic E-state index is -4.19. The molecule has 19 heavy (non-hydrogen) atoms. The van der Waals surface area contributed by atoms with Crippen molar-refractivity contribution in [3.8, 4) is 5.75 Å². The van der Waals surface area contributed by atoms with Crippen molar-refractivity contribution < 1.29 is 32.9 Å². The van der Waals surface area contributed by atoms with Crippen LogP contribution in [0, 0.1) is 5.82 Å². The summed E-state index contributed by atoms with van der Waals surface area (Å²) >= 11 is 0. The van der Waals surface area contributed by atoms with Crippen LogP contribution >= 0.6 is 10.7 Å². The van der Waals surface area contributed by atoms with Crippen LogP contribution in [0.4, 0.5) is 4.39 Å². The van der Waals surface area contributed by atoms with Crippen molar-refractivity contribution in [3.05, 3.63) is 23.5 Å². The molecule has 108 valence electrons. The maximum absolute atomic E-state index is 13.7. The lowest BCUT2D eigenvalue weighted by Gasteiger charge is -2.19. The topological polar surface area (TPSA) is 104 Å². The molecule has 1 aromatic carbocycles. The largest absolute Gasteiger partial charge is 0.495 e. The molecule has 0 radical (unpaired) electrons. The van der Waals surface area contributed by atoms with Crippen molar-refractivity contribution in [2.24, 2.45) is 0 Å². The lowest BCUT2D eigenvalue weighted by molar-refractivity contribution is -0.185. The molecule has 0 spiro atoms. The molecule has 3 N–H and O–H groups in total. The molecule has 9 heteroatoms. The van der Waals surface area contributed by atoms with E-state index >= 15 is 0 Å². The number of ether oxygens (including phenoxy) is 1. The smallest absolute Gasteiger partial charge is 0.264 e. The Morgan fingerprint density at radius 1 is 1.42 bits per heavy atom. The highest BCUT2D eigenvalue weighted by Crippen LogP contribution is 2.30. The van der Waals surface area contributed by atoms with E-state index in [1.165, 1.54) is 0 Å². The molecule has 0 aliphatic heterocycles. The van der Waals surface area contributed by atoms with E-state index < -0.39 is 38.6 Å². The molecule has 0 aromatic heterocycles. The minimum Gasteiger partial charge on any atom is -0.495 e. The Kier molecular flexibility index (Phi) is 4.75. The average molecular weight is 315 g/mol. The fraction of sp³-hybridized carbons (Fsp3) is 0.400. The number of aliphatic hydroxyl groups is 3. The number of hydrogen-bond donors (Lipinski definition) is 3. The molecule has 0 bridgehead atoms. The van der Waals surface area contributed by atoms with Gasteiger partial charge in [0.2, 0.25) is 0 Å². The lowest BCUT2D eigenvalue weighted by atomic mass is 10.0. The van der Waals surface area contributed by atoms with Crippen LogP contribution in [0.5, 0.6) is 5.75 Å². The Hall–Kier alpha value is -0.930. The van der Waals surface area contributed by atoms with Gasteiger partial charge in [0.15, 0.2) is 5.79 Å². The van der Waals surface area contributed by atoms with E-state index in [0.29, 0.717) is 0 Å². The molecule has 0 amide bonds. The molecule has 6 nitrogen and oxygen atoms in total. The van der Waals surface area contributed by atoms with E-state index in [0.717, 1.165) is 19.2 Å². The van der Waals surface area contributed by atoms with Crippen LogP contribution in [0.2, 0.25) is 0 Å². The third-order valence-electron chi connectivity index (χ3n) is 2.32. The van der Waals surface area contributed by atoms with E-state index in [1.54, 1.807) is 0 Å². The number of rotatable bonds is 5. The Bertz CT molecular complexity index is 572. The van der Waals surface area contributed by atoms with Gasteiger partial charge in [-0.25, -0.2) is 12.8 Å². The Morgan fingerprint density at radius 2 is 2.00 bits per heavy atom. The van der Waals surface area contributed by atoms with Gasteiger partial charge in [-0.15, -0.1) is 0 Å². The SMILES string of the molecule is COc1cc(F)c(CC(O)(O)CO)cc1S(=O)(=O)Cl. The van der Waals surface area contributed by atoms with Crippen LogP contribution in [-0.4, -0.2) is 43.2 Å². The summed E-state index contributed by atoms with van der Waals surface area (Å²) in [5.41, 5.74) is -0.334. The quantitative estimate of drug-likeness (QED) is 0.521. The molecule has 0 unspecified atom stereocenters. The molecular weight excluding hydrogens is 303 g/mol. The van der Waals surface area contributed by atoms with E-state index in [9.17, 15) is 23.0 Å². The van der Waals surface area contributed by atoms with Crippen LogP contribution in [0.25, 0.3) is 0 Å². The number of benzene rings is 1. The highest BCUT2D eigenvalue weighted by Gasteiger charge is 2.27.